The standard InChI is InChI=1S/C21H19NO4/c1-25-19-10-8-16(13-18(19)20-11-9-17(14-23)26-20)22-21(24)12-7-15-5-3-2-4-6-15/h2-13,23H,14H2,1H3,(H,22,24)/b12-7+. The number of ether oxygens (including phenoxy) is 1. The first-order valence-electron chi connectivity index (χ1n) is 8.11. The Bertz CT molecular complexity index is 913. The first kappa shape index (κ1) is 17.5. The molecule has 0 fully saturated rings. The number of aliphatic hydroxyl groups excluding tert-OH is 1. The topological polar surface area (TPSA) is 71.7 Å². The largest absolute Gasteiger partial charge is 0.496 e. The highest BCUT2D eigenvalue weighted by Crippen LogP contribution is 2.33. The van der Waals surface area contributed by atoms with Gasteiger partial charge in [0.15, 0.2) is 0 Å². The smallest absolute Gasteiger partial charge is 0.248 e. The third kappa shape index (κ3) is 4.20. The van der Waals surface area contributed by atoms with E-state index in [0.717, 1.165) is 5.56 Å². The number of hydrogen-bond acceptors (Lipinski definition) is 4. The van der Waals surface area contributed by atoms with Gasteiger partial charge in [0.05, 0.1) is 12.7 Å². The van der Waals surface area contributed by atoms with Gasteiger partial charge in [0.25, 0.3) is 0 Å². The first-order chi connectivity index (χ1) is 12.7. The number of benzene rings is 2. The number of carbonyl (C=O) groups is 1. The molecular weight excluding hydrogens is 330 g/mol. The summed E-state index contributed by atoms with van der Waals surface area (Å²) in [6.07, 6.45) is 3.23. The molecule has 1 amide bonds. The molecule has 5 nitrogen and oxygen atoms in total. The van der Waals surface area contributed by atoms with Crippen LogP contribution in [-0.4, -0.2) is 18.1 Å². The molecule has 0 spiro atoms. The minimum Gasteiger partial charge on any atom is -0.496 e. The summed E-state index contributed by atoms with van der Waals surface area (Å²) in [4.78, 5) is 12.2. The summed E-state index contributed by atoms with van der Waals surface area (Å²) in [7, 11) is 1.57. The first-order valence-corrected chi connectivity index (χ1v) is 8.11. The second-order valence-electron chi connectivity index (χ2n) is 5.57. The second kappa shape index (κ2) is 8.18. The summed E-state index contributed by atoms with van der Waals surface area (Å²) in [5.41, 5.74) is 2.26. The lowest BCUT2D eigenvalue weighted by Gasteiger charge is -2.09. The van der Waals surface area contributed by atoms with Crippen molar-refractivity contribution in [2.75, 3.05) is 12.4 Å². The maximum atomic E-state index is 12.2. The highest BCUT2D eigenvalue weighted by atomic mass is 16.5. The monoisotopic (exact) mass is 349 g/mol. The predicted molar refractivity (Wildman–Crippen MR) is 101 cm³/mol. The van der Waals surface area contributed by atoms with Crippen molar-refractivity contribution in [3.8, 4) is 17.1 Å². The molecule has 0 saturated heterocycles. The summed E-state index contributed by atoms with van der Waals surface area (Å²) in [5.74, 6) is 1.39. The maximum Gasteiger partial charge on any atom is 0.248 e. The van der Waals surface area contributed by atoms with Gasteiger partial charge in [0, 0.05) is 11.8 Å². The molecule has 3 rings (SSSR count). The van der Waals surface area contributed by atoms with Crippen molar-refractivity contribution in [1.82, 2.24) is 0 Å². The van der Waals surface area contributed by atoms with E-state index >= 15 is 0 Å². The fourth-order valence-electron chi connectivity index (χ4n) is 2.51. The molecule has 0 unspecified atom stereocenters. The summed E-state index contributed by atoms with van der Waals surface area (Å²) >= 11 is 0. The molecule has 0 saturated carbocycles. The molecule has 0 aliphatic rings. The van der Waals surface area contributed by atoms with Crippen LogP contribution < -0.4 is 10.1 Å². The molecule has 132 valence electrons. The Morgan fingerprint density at radius 1 is 1.15 bits per heavy atom. The van der Waals surface area contributed by atoms with E-state index in [1.807, 2.05) is 30.3 Å². The van der Waals surface area contributed by atoms with Crippen LogP contribution in [0.3, 0.4) is 0 Å². The van der Waals surface area contributed by atoms with Crippen LogP contribution >= 0.6 is 0 Å². The summed E-state index contributed by atoms with van der Waals surface area (Å²) in [6, 6.07) is 18.3. The summed E-state index contributed by atoms with van der Waals surface area (Å²) in [5, 5.41) is 12.0. The van der Waals surface area contributed by atoms with Crippen LogP contribution in [0.5, 0.6) is 5.75 Å². The fourth-order valence-corrected chi connectivity index (χ4v) is 2.51. The molecule has 1 heterocycles. The van der Waals surface area contributed by atoms with Gasteiger partial charge >= 0.3 is 0 Å². The van der Waals surface area contributed by atoms with Gasteiger partial charge in [0.2, 0.25) is 5.91 Å². The Morgan fingerprint density at radius 3 is 2.65 bits per heavy atom. The number of nitrogens with one attached hydrogen (secondary N) is 1. The quantitative estimate of drug-likeness (QED) is 0.657. The number of furan rings is 1. The molecular formula is C21H19NO4. The van der Waals surface area contributed by atoms with Gasteiger partial charge in [-0.25, -0.2) is 0 Å². The van der Waals surface area contributed by atoms with Crippen LogP contribution in [0.15, 0.2) is 71.2 Å². The van der Waals surface area contributed by atoms with Crippen molar-refractivity contribution >= 4 is 17.7 Å². The van der Waals surface area contributed by atoms with Crippen molar-refractivity contribution in [3.05, 3.63) is 78.1 Å². The molecule has 1 aromatic heterocycles. The zero-order valence-electron chi connectivity index (χ0n) is 14.3. The number of rotatable bonds is 6. The average Bonchev–Trinajstić information content (AvgIpc) is 3.16. The van der Waals surface area contributed by atoms with Crippen LogP contribution in [-0.2, 0) is 11.4 Å². The van der Waals surface area contributed by atoms with Gasteiger partial charge in [-0.1, -0.05) is 30.3 Å². The summed E-state index contributed by atoms with van der Waals surface area (Å²) in [6.45, 7) is -0.178. The third-order valence-corrected chi connectivity index (χ3v) is 3.78. The SMILES string of the molecule is COc1ccc(NC(=O)/C=C/c2ccccc2)cc1-c1ccc(CO)o1. The van der Waals surface area contributed by atoms with E-state index in [9.17, 15) is 4.79 Å². The minimum absolute atomic E-state index is 0.178. The van der Waals surface area contributed by atoms with Crippen LogP contribution in [0.1, 0.15) is 11.3 Å². The molecule has 0 atom stereocenters. The molecule has 26 heavy (non-hydrogen) atoms. The average molecular weight is 349 g/mol. The van der Waals surface area contributed by atoms with E-state index in [-0.39, 0.29) is 12.5 Å². The highest BCUT2D eigenvalue weighted by molar-refractivity contribution is 6.02. The highest BCUT2D eigenvalue weighted by Gasteiger charge is 2.12. The van der Waals surface area contributed by atoms with Crippen molar-refractivity contribution in [2.45, 2.75) is 6.61 Å². The van der Waals surface area contributed by atoms with Gasteiger partial charge in [-0.3, -0.25) is 4.79 Å². The van der Waals surface area contributed by atoms with Gasteiger partial charge in [-0.15, -0.1) is 0 Å². The Hall–Kier alpha value is -3.31. The molecule has 2 aromatic carbocycles. The molecule has 0 bridgehead atoms. The zero-order valence-corrected chi connectivity index (χ0v) is 14.3. The van der Waals surface area contributed by atoms with E-state index in [1.54, 1.807) is 43.5 Å². The molecule has 5 heteroatoms. The van der Waals surface area contributed by atoms with Crippen LogP contribution in [0.2, 0.25) is 0 Å². The van der Waals surface area contributed by atoms with E-state index in [2.05, 4.69) is 5.32 Å². The minimum atomic E-state index is -0.236. The fraction of sp³-hybridized carbons (Fsp3) is 0.0952. The maximum absolute atomic E-state index is 12.2. The Balaban J connectivity index is 1.79. The molecule has 0 aliphatic heterocycles. The molecule has 0 aliphatic carbocycles. The second-order valence-corrected chi connectivity index (χ2v) is 5.57. The molecule has 3 aromatic rings. The normalized spacial score (nSPS) is 10.8. The van der Waals surface area contributed by atoms with Crippen molar-refractivity contribution in [1.29, 1.82) is 0 Å². The number of carbonyl (C=O) groups excluding carboxylic acids is 1. The molecule has 2 N–H and O–H groups in total. The van der Waals surface area contributed by atoms with Gasteiger partial charge in [0.1, 0.15) is 23.9 Å². The van der Waals surface area contributed by atoms with Crippen LogP contribution in [0.25, 0.3) is 17.4 Å². The van der Waals surface area contributed by atoms with E-state index in [4.69, 9.17) is 14.3 Å². The van der Waals surface area contributed by atoms with Crippen molar-refractivity contribution in [3.63, 3.8) is 0 Å². The molecule has 0 radical (unpaired) electrons. The zero-order chi connectivity index (χ0) is 18.4. The predicted octanol–water partition coefficient (Wildman–Crippen LogP) is 4.10. The number of methoxy groups -OCH3 is 1. The van der Waals surface area contributed by atoms with Gasteiger partial charge < -0.3 is 19.6 Å². The van der Waals surface area contributed by atoms with E-state index in [0.29, 0.717) is 28.5 Å². The Labute approximate surface area is 151 Å². The van der Waals surface area contributed by atoms with Gasteiger partial charge in [-0.05, 0) is 42.0 Å². The summed E-state index contributed by atoms with van der Waals surface area (Å²) < 4.78 is 10.9. The number of anilines is 1. The lowest BCUT2D eigenvalue weighted by molar-refractivity contribution is -0.111. The van der Waals surface area contributed by atoms with E-state index < -0.39 is 0 Å². The number of amides is 1. The van der Waals surface area contributed by atoms with E-state index in [1.165, 1.54) is 6.08 Å². The van der Waals surface area contributed by atoms with Gasteiger partial charge in [-0.2, -0.15) is 0 Å². The Kier molecular flexibility index (Phi) is 5.51. The van der Waals surface area contributed by atoms with Crippen LogP contribution in [0, 0.1) is 0 Å². The number of hydrogen-bond donors (Lipinski definition) is 2. The lowest BCUT2D eigenvalue weighted by Crippen LogP contribution is -2.07. The third-order valence-electron chi connectivity index (χ3n) is 3.78. The van der Waals surface area contributed by atoms with Crippen LogP contribution in [0.4, 0.5) is 5.69 Å². The van der Waals surface area contributed by atoms with Crippen molar-refractivity contribution in [2.24, 2.45) is 0 Å². The lowest BCUT2D eigenvalue weighted by atomic mass is 10.1. The Morgan fingerprint density at radius 2 is 1.96 bits per heavy atom. The van der Waals surface area contributed by atoms with Crippen molar-refractivity contribution < 1.29 is 19.1 Å². The number of aliphatic hydroxyl groups is 1.